The van der Waals surface area contributed by atoms with E-state index in [1.54, 1.807) is 24.3 Å². The largest absolute Gasteiger partial charge is 0.397 e. The fourth-order valence-electron chi connectivity index (χ4n) is 4.27. The van der Waals surface area contributed by atoms with Gasteiger partial charge in [-0.25, -0.2) is 4.98 Å². The van der Waals surface area contributed by atoms with Crippen LogP contribution < -0.4 is 16.8 Å². The first-order valence-electron chi connectivity index (χ1n) is 10.5. The Bertz CT molecular complexity index is 1330. The lowest BCUT2D eigenvalue weighted by Crippen LogP contribution is -2.14. The van der Waals surface area contributed by atoms with Gasteiger partial charge in [0, 0.05) is 22.3 Å². The summed E-state index contributed by atoms with van der Waals surface area (Å²) >= 11 is 1.31. The smallest absolute Gasteiger partial charge is 0.267 e. The fraction of sp³-hybridized carbons (Fsp3) is 0.160. The number of carbonyl (C=O) groups excluding carboxylic acids is 2. The molecule has 0 bridgehead atoms. The first kappa shape index (κ1) is 20.2. The molecule has 1 aliphatic carbocycles. The third-order valence-electron chi connectivity index (χ3n) is 5.99. The lowest BCUT2D eigenvalue weighted by atomic mass is 9.82. The van der Waals surface area contributed by atoms with Crippen LogP contribution in [0, 0.1) is 0 Å². The number of nitrogens with two attached hydrogens (primary N) is 2. The number of primary amides is 1. The fourth-order valence-corrected chi connectivity index (χ4v) is 5.27. The SMILES string of the molecule is NC(=O)c1ccc(NC(=O)c2sc3nc4c(cc3c2N)CC(c2ccccc2)CC4)cc1. The van der Waals surface area contributed by atoms with E-state index in [9.17, 15) is 9.59 Å². The molecule has 6 nitrogen and oxygen atoms in total. The second-order valence-corrected chi connectivity index (χ2v) is 9.04. The minimum absolute atomic E-state index is 0.294. The van der Waals surface area contributed by atoms with E-state index in [1.807, 2.05) is 6.07 Å². The number of anilines is 2. The highest BCUT2D eigenvalue weighted by molar-refractivity contribution is 7.21. The van der Waals surface area contributed by atoms with Crippen LogP contribution in [0.2, 0.25) is 0 Å². The van der Waals surface area contributed by atoms with Gasteiger partial charge in [-0.2, -0.15) is 0 Å². The normalized spacial score (nSPS) is 15.3. The summed E-state index contributed by atoms with van der Waals surface area (Å²) in [6, 6.07) is 19.1. The lowest BCUT2D eigenvalue weighted by Gasteiger charge is -2.24. The molecular formula is C25H22N4O2S. The van der Waals surface area contributed by atoms with Gasteiger partial charge in [0.2, 0.25) is 5.91 Å². The van der Waals surface area contributed by atoms with E-state index in [1.165, 1.54) is 22.5 Å². The van der Waals surface area contributed by atoms with Crippen molar-refractivity contribution in [3.8, 4) is 0 Å². The molecule has 4 aromatic rings. The summed E-state index contributed by atoms with van der Waals surface area (Å²) < 4.78 is 0. The van der Waals surface area contributed by atoms with E-state index in [-0.39, 0.29) is 5.91 Å². The van der Waals surface area contributed by atoms with Gasteiger partial charge in [0.1, 0.15) is 9.71 Å². The molecule has 1 aliphatic rings. The highest BCUT2D eigenvalue weighted by Gasteiger charge is 2.24. The van der Waals surface area contributed by atoms with Gasteiger partial charge in [0.25, 0.3) is 5.91 Å². The van der Waals surface area contributed by atoms with Crippen molar-refractivity contribution in [2.75, 3.05) is 11.1 Å². The van der Waals surface area contributed by atoms with Crippen LogP contribution in [0.5, 0.6) is 0 Å². The average molecular weight is 443 g/mol. The molecule has 2 aromatic heterocycles. The van der Waals surface area contributed by atoms with Gasteiger partial charge >= 0.3 is 0 Å². The van der Waals surface area contributed by atoms with Gasteiger partial charge in [0.05, 0.1) is 5.69 Å². The Morgan fingerprint density at radius 3 is 2.53 bits per heavy atom. The molecule has 2 heterocycles. The van der Waals surface area contributed by atoms with Crippen LogP contribution in [-0.4, -0.2) is 16.8 Å². The third kappa shape index (κ3) is 3.71. The minimum Gasteiger partial charge on any atom is -0.397 e. The number of nitrogen functional groups attached to an aromatic ring is 1. The highest BCUT2D eigenvalue weighted by Crippen LogP contribution is 2.38. The Hall–Kier alpha value is -3.71. The van der Waals surface area contributed by atoms with Crippen LogP contribution in [0.25, 0.3) is 10.2 Å². The summed E-state index contributed by atoms with van der Waals surface area (Å²) in [6.45, 7) is 0. The Balaban J connectivity index is 1.41. The first-order chi connectivity index (χ1) is 15.5. The molecule has 2 aromatic carbocycles. The van der Waals surface area contributed by atoms with Crippen molar-refractivity contribution >= 4 is 44.7 Å². The van der Waals surface area contributed by atoms with Gasteiger partial charge in [-0.15, -0.1) is 11.3 Å². The van der Waals surface area contributed by atoms with E-state index < -0.39 is 5.91 Å². The number of amides is 2. The van der Waals surface area contributed by atoms with Gasteiger partial charge < -0.3 is 16.8 Å². The molecule has 7 heteroatoms. The van der Waals surface area contributed by atoms with E-state index in [4.69, 9.17) is 16.5 Å². The first-order valence-corrected chi connectivity index (χ1v) is 11.3. The number of thiophene rings is 1. The number of nitrogens with one attached hydrogen (secondary N) is 1. The van der Waals surface area contributed by atoms with Crippen LogP contribution in [-0.2, 0) is 12.8 Å². The van der Waals surface area contributed by atoms with Crippen molar-refractivity contribution in [2.24, 2.45) is 5.73 Å². The Morgan fingerprint density at radius 1 is 1.06 bits per heavy atom. The molecule has 2 amide bonds. The molecule has 0 radical (unpaired) electrons. The standard InChI is InChI=1S/C25H22N4O2S/c26-21-19-13-17-12-16(14-4-2-1-3-5-14)8-11-20(17)29-25(19)32-22(21)24(31)28-18-9-6-15(7-10-18)23(27)30/h1-7,9-10,13,16H,8,11-12,26H2,(H2,27,30)(H,28,31). The number of aromatic nitrogens is 1. The van der Waals surface area contributed by atoms with Gasteiger partial charge in [-0.1, -0.05) is 30.3 Å². The molecule has 0 spiro atoms. The van der Waals surface area contributed by atoms with Crippen molar-refractivity contribution in [3.63, 3.8) is 0 Å². The minimum atomic E-state index is -0.513. The number of rotatable bonds is 4. The van der Waals surface area contributed by atoms with Gasteiger partial charge in [-0.3, -0.25) is 9.59 Å². The van der Waals surface area contributed by atoms with Crippen molar-refractivity contribution < 1.29 is 9.59 Å². The second-order valence-electron chi connectivity index (χ2n) is 8.04. The molecule has 0 aliphatic heterocycles. The number of fused-ring (bicyclic) bond motifs is 2. The number of hydrogen-bond donors (Lipinski definition) is 3. The lowest BCUT2D eigenvalue weighted by molar-refractivity contribution is 0.0998. The van der Waals surface area contributed by atoms with Crippen LogP contribution >= 0.6 is 11.3 Å². The molecule has 0 saturated heterocycles. The summed E-state index contributed by atoms with van der Waals surface area (Å²) in [6.07, 6.45) is 2.90. The Morgan fingerprint density at radius 2 is 1.81 bits per heavy atom. The predicted molar refractivity (Wildman–Crippen MR) is 128 cm³/mol. The number of aryl methyl sites for hydroxylation is 1. The van der Waals surface area contributed by atoms with Crippen LogP contribution in [0.3, 0.4) is 0 Å². The van der Waals surface area contributed by atoms with Crippen molar-refractivity contribution in [2.45, 2.75) is 25.2 Å². The zero-order valence-electron chi connectivity index (χ0n) is 17.3. The van der Waals surface area contributed by atoms with Crippen LogP contribution in [0.15, 0.2) is 60.7 Å². The number of hydrogen-bond acceptors (Lipinski definition) is 5. The maximum absolute atomic E-state index is 12.9. The van der Waals surface area contributed by atoms with Gasteiger partial charge in [0.15, 0.2) is 0 Å². The zero-order valence-corrected chi connectivity index (χ0v) is 18.1. The summed E-state index contributed by atoms with van der Waals surface area (Å²) in [7, 11) is 0. The molecule has 1 unspecified atom stereocenters. The van der Waals surface area contributed by atoms with Crippen molar-refractivity contribution in [1.29, 1.82) is 0 Å². The molecular weight excluding hydrogens is 420 g/mol. The monoisotopic (exact) mass is 442 g/mol. The number of pyridine rings is 1. The predicted octanol–water partition coefficient (Wildman–Crippen LogP) is 4.50. The molecule has 5 N–H and O–H groups in total. The number of carbonyl (C=O) groups is 2. The van der Waals surface area contributed by atoms with E-state index in [0.29, 0.717) is 27.7 Å². The van der Waals surface area contributed by atoms with E-state index in [2.05, 4.69) is 35.6 Å². The molecule has 32 heavy (non-hydrogen) atoms. The molecule has 1 atom stereocenters. The summed E-state index contributed by atoms with van der Waals surface area (Å²) in [5.41, 5.74) is 16.7. The maximum atomic E-state index is 12.9. The number of nitrogens with zero attached hydrogens (tertiary/aromatic N) is 1. The zero-order chi connectivity index (χ0) is 22.2. The third-order valence-corrected chi connectivity index (χ3v) is 7.10. The summed E-state index contributed by atoms with van der Waals surface area (Å²) in [5, 5.41) is 3.67. The van der Waals surface area contributed by atoms with Crippen LogP contribution in [0.1, 0.15) is 49.2 Å². The molecule has 160 valence electrons. The summed E-state index contributed by atoms with van der Waals surface area (Å²) in [4.78, 5) is 30.2. The average Bonchev–Trinajstić information content (AvgIpc) is 3.13. The van der Waals surface area contributed by atoms with E-state index >= 15 is 0 Å². The molecule has 0 saturated carbocycles. The van der Waals surface area contributed by atoms with Gasteiger partial charge in [-0.05, 0) is 66.6 Å². The topological polar surface area (TPSA) is 111 Å². The second kappa shape index (κ2) is 8.09. The summed E-state index contributed by atoms with van der Waals surface area (Å²) in [5.74, 6) is -0.340. The Kier molecular flexibility index (Phi) is 5.11. The van der Waals surface area contributed by atoms with Crippen molar-refractivity contribution in [3.05, 3.63) is 87.9 Å². The molecule has 0 fully saturated rings. The molecule has 5 rings (SSSR count). The van der Waals surface area contributed by atoms with Crippen LogP contribution in [0.4, 0.5) is 11.4 Å². The quantitative estimate of drug-likeness (QED) is 0.432. The highest BCUT2D eigenvalue weighted by atomic mass is 32.1. The maximum Gasteiger partial charge on any atom is 0.267 e. The number of benzene rings is 2. The van der Waals surface area contributed by atoms with Crippen molar-refractivity contribution in [1.82, 2.24) is 4.98 Å². The van der Waals surface area contributed by atoms with E-state index in [0.717, 1.165) is 35.2 Å². The Labute approximate surface area is 189 Å².